The number of hydrazone groups is 1. The van der Waals surface area contributed by atoms with Crippen molar-refractivity contribution in [3.8, 4) is 0 Å². The number of benzene rings is 2. The number of halogens is 2. The summed E-state index contributed by atoms with van der Waals surface area (Å²) in [6.45, 7) is 0. The lowest BCUT2D eigenvalue weighted by molar-refractivity contribution is 0.246. The highest BCUT2D eigenvalue weighted by atomic mass is 35.5. The summed E-state index contributed by atoms with van der Waals surface area (Å²) in [6, 6.07) is 13.3. The van der Waals surface area contributed by atoms with Gasteiger partial charge in [0.2, 0.25) is 0 Å². The largest absolute Gasteiger partial charge is 0.342 e. The third kappa shape index (κ3) is 4.07. The van der Waals surface area contributed by atoms with Crippen molar-refractivity contribution in [1.29, 1.82) is 0 Å². The Bertz CT molecular complexity index is 732. The molecule has 1 aliphatic carbocycles. The number of carbonyl (C=O) groups excluding carboxylic acids is 1. The molecular formula is C17H15ClFN3O. The average Bonchev–Trinajstić information content (AvgIpc) is 3.36. The molecule has 1 saturated carbocycles. The number of rotatable bonds is 4. The maximum atomic E-state index is 13.3. The van der Waals surface area contributed by atoms with Gasteiger partial charge in [0.15, 0.2) is 0 Å². The van der Waals surface area contributed by atoms with E-state index in [1.165, 1.54) is 23.2 Å². The summed E-state index contributed by atoms with van der Waals surface area (Å²) in [5.74, 6) is -0.537. The van der Waals surface area contributed by atoms with Crippen LogP contribution in [0.1, 0.15) is 18.4 Å². The summed E-state index contributed by atoms with van der Waals surface area (Å²) >= 11 is 5.81. The van der Waals surface area contributed by atoms with Gasteiger partial charge in [0.1, 0.15) is 5.82 Å². The first-order valence-electron chi connectivity index (χ1n) is 7.28. The quantitative estimate of drug-likeness (QED) is 0.662. The van der Waals surface area contributed by atoms with E-state index < -0.39 is 5.82 Å². The monoisotopic (exact) mass is 331 g/mol. The molecule has 118 valence electrons. The minimum absolute atomic E-state index is 0.0540. The molecular weight excluding hydrogens is 317 g/mol. The van der Waals surface area contributed by atoms with Gasteiger partial charge in [-0.3, -0.25) is 0 Å². The van der Waals surface area contributed by atoms with E-state index in [0.29, 0.717) is 5.69 Å². The molecule has 0 aliphatic heterocycles. The number of anilines is 1. The van der Waals surface area contributed by atoms with E-state index in [1.807, 2.05) is 30.3 Å². The number of hydrogen-bond acceptors (Lipinski definition) is 2. The fraction of sp³-hybridized carbons (Fsp3) is 0.176. The topological polar surface area (TPSA) is 44.7 Å². The average molecular weight is 332 g/mol. The first-order valence-corrected chi connectivity index (χ1v) is 7.66. The highest BCUT2D eigenvalue weighted by Crippen LogP contribution is 2.24. The van der Waals surface area contributed by atoms with Crippen LogP contribution >= 0.6 is 11.6 Å². The van der Waals surface area contributed by atoms with Gasteiger partial charge in [-0.2, -0.15) is 10.1 Å². The molecule has 3 rings (SSSR count). The molecule has 0 atom stereocenters. The number of amides is 2. The molecule has 23 heavy (non-hydrogen) atoms. The molecule has 1 fully saturated rings. The molecule has 1 aliphatic rings. The summed E-state index contributed by atoms with van der Waals surface area (Å²) in [5.41, 5.74) is 1.26. The van der Waals surface area contributed by atoms with E-state index in [9.17, 15) is 9.18 Å². The van der Waals surface area contributed by atoms with Crippen LogP contribution in [0.2, 0.25) is 5.02 Å². The van der Waals surface area contributed by atoms with Crippen molar-refractivity contribution in [2.45, 2.75) is 18.9 Å². The molecule has 2 amide bonds. The maximum Gasteiger partial charge on any atom is 0.342 e. The molecule has 0 radical (unpaired) electrons. The minimum atomic E-state index is -0.537. The Morgan fingerprint density at radius 2 is 2.00 bits per heavy atom. The Balaban J connectivity index is 1.87. The molecule has 2 aromatic rings. The lowest BCUT2D eigenvalue weighted by Gasteiger charge is -2.18. The fourth-order valence-corrected chi connectivity index (χ4v) is 2.15. The zero-order valence-electron chi connectivity index (χ0n) is 12.2. The second kappa shape index (κ2) is 6.79. The van der Waals surface area contributed by atoms with Crippen molar-refractivity contribution in [3.63, 3.8) is 0 Å². The van der Waals surface area contributed by atoms with Crippen LogP contribution in [0.5, 0.6) is 0 Å². The van der Waals surface area contributed by atoms with Crippen LogP contribution in [0.25, 0.3) is 0 Å². The Morgan fingerprint density at radius 1 is 1.26 bits per heavy atom. The van der Waals surface area contributed by atoms with Crippen LogP contribution in [-0.2, 0) is 0 Å². The number of urea groups is 1. The highest BCUT2D eigenvalue weighted by Gasteiger charge is 2.26. The fourth-order valence-electron chi connectivity index (χ4n) is 1.98. The molecule has 4 nitrogen and oxygen atoms in total. The molecule has 0 aromatic heterocycles. The lowest BCUT2D eigenvalue weighted by Crippen LogP contribution is -2.38. The van der Waals surface area contributed by atoms with Crippen molar-refractivity contribution < 1.29 is 9.18 Å². The summed E-state index contributed by atoms with van der Waals surface area (Å²) in [7, 11) is 0. The van der Waals surface area contributed by atoms with Gasteiger partial charge in [0.25, 0.3) is 0 Å². The number of carbonyl (C=O) groups is 1. The van der Waals surface area contributed by atoms with Gasteiger partial charge in [-0.1, -0.05) is 41.9 Å². The Morgan fingerprint density at radius 3 is 2.65 bits per heavy atom. The molecule has 2 aromatic carbocycles. The molecule has 0 unspecified atom stereocenters. The van der Waals surface area contributed by atoms with Gasteiger partial charge >= 0.3 is 6.03 Å². The highest BCUT2D eigenvalue weighted by molar-refractivity contribution is 6.31. The van der Waals surface area contributed by atoms with E-state index in [2.05, 4.69) is 10.4 Å². The number of nitrogens with one attached hydrogen (secondary N) is 1. The van der Waals surface area contributed by atoms with Crippen molar-refractivity contribution in [3.05, 3.63) is 64.9 Å². The Kier molecular flexibility index (Phi) is 4.57. The van der Waals surface area contributed by atoms with E-state index in [0.717, 1.165) is 18.4 Å². The van der Waals surface area contributed by atoms with Crippen LogP contribution in [-0.4, -0.2) is 18.3 Å². The van der Waals surface area contributed by atoms with Crippen molar-refractivity contribution >= 4 is 29.5 Å². The van der Waals surface area contributed by atoms with Gasteiger partial charge < -0.3 is 5.32 Å². The third-order valence-electron chi connectivity index (χ3n) is 3.37. The van der Waals surface area contributed by atoms with E-state index in [4.69, 9.17) is 11.6 Å². The molecule has 0 bridgehead atoms. The van der Waals surface area contributed by atoms with Crippen LogP contribution in [0.4, 0.5) is 14.9 Å². The number of nitrogens with zero attached hydrogens (tertiary/aromatic N) is 2. The SMILES string of the molecule is O=C(NC1CC1)N(/N=C/c1ccccc1)c1ccc(F)c(Cl)c1. The molecule has 1 N–H and O–H groups in total. The maximum absolute atomic E-state index is 13.3. The molecule has 0 saturated heterocycles. The lowest BCUT2D eigenvalue weighted by atomic mass is 10.2. The van der Waals surface area contributed by atoms with Crippen LogP contribution in [0.15, 0.2) is 53.6 Å². The van der Waals surface area contributed by atoms with E-state index in [-0.39, 0.29) is 17.1 Å². The van der Waals surface area contributed by atoms with Gasteiger partial charge in [-0.05, 0) is 36.6 Å². The second-order valence-electron chi connectivity index (χ2n) is 5.29. The standard InChI is InChI=1S/C17H15ClFN3O/c18-15-10-14(8-9-16(15)19)22(17(23)21-13-6-7-13)20-11-12-4-2-1-3-5-12/h1-5,8-11,13H,6-7H2,(H,21,23)/b20-11+. The van der Waals surface area contributed by atoms with Gasteiger partial charge in [0, 0.05) is 6.04 Å². The Hall–Kier alpha value is -2.40. The zero-order valence-corrected chi connectivity index (χ0v) is 13.0. The summed E-state index contributed by atoms with van der Waals surface area (Å²) < 4.78 is 13.3. The van der Waals surface area contributed by atoms with Crippen molar-refractivity contribution in [2.24, 2.45) is 5.10 Å². The summed E-state index contributed by atoms with van der Waals surface area (Å²) in [5, 5.41) is 8.23. The summed E-state index contributed by atoms with van der Waals surface area (Å²) in [4.78, 5) is 12.4. The smallest absolute Gasteiger partial charge is 0.333 e. The molecule has 0 spiro atoms. The van der Waals surface area contributed by atoms with Crippen LogP contribution in [0.3, 0.4) is 0 Å². The Labute approximate surface area is 138 Å². The third-order valence-corrected chi connectivity index (χ3v) is 3.66. The van der Waals surface area contributed by atoms with Gasteiger partial charge in [-0.15, -0.1) is 0 Å². The minimum Gasteiger partial charge on any atom is -0.333 e. The van der Waals surface area contributed by atoms with Crippen molar-refractivity contribution in [1.82, 2.24) is 5.32 Å². The van der Waals surface area contributed by atoms with Crippen molar-refractivity contribution in [2.75, 3.05) is 5.01 Å². The van der Waals surface area contributed by atoms with E-state index >= 15 is 0 Å². The molecule has 0 heterocycles. The first kappa shape index (κ1) is 15.5. The van der Waals surface area contributed by atoms with E-state index in [1.54, 1.807) is 6.21 Å². The van der Waals surface area contributed by atoms with Gasteiger partial charge in [0.05, 0.1) is 16.9 Å². The predicted molar refractivity (Wildman–Crippen MR) is 89.5 cm³/mol. The van der Waals surface area contributed by atoms with Crippen LogP contribution in [0, 0.1) is 5.82 Å². The predicted octanol–water partition coefficient (Wildman–Crippen LogP) is 4.19. The van der Waals surface area contributed by atoms with Crippen LogP contribution < -0.4 is 10.3 Å². The number of hydrogen-bond donors (Lipinski definition) is 1. The molecule has 6 heteroatoms. The second-order valence-corrected chi connectivity index (χ2v) is 5.70. The normalized spacial score (nSPS) is 14.0. The first-order chi connectivity index (χ1) is 11.1. The zero-order chi connectivity index (χ0) is 16.2. The summed E-state index contributed by atoms with van der Waals surface area (Å²) in [6.07, 6.45) is 3.50. The van der Waals surface area contributed by atoms with Gasteiger partial charge in [-0.25, -0.2) is 9.18 Å².